The van der Waals surface area contributed by atoms with Crippen molar-refractivity contribution < 1.29 is 4.57 Å². The second kappa shape index (κ2) is 10.5. The van der Waals surface area contributed by atoms with Gasteiger partial charge in [0.15, 0.2) is 7.14 Å². The molecule has 4 nitrogen and oxygen atoms in total. The third-order valence-corrected chi connectivity index (χ3v) is 9.12. The van der Waals surface area contributed by atoms with Crippen LogP contribution in [0.4, 0.5) is 5.69 Å². The highest BCUT2D eigenvalue weighted by atomic mass is 31.2. The maximum Gasteiger partial charge on any atom is 0.173 e. The summed E-state index contributed by atoms with van der Waals surface area (Å²) in [6, 6.07) is 39.1. The first-order valence-electron chi connectivity index (χ1n) is 11.6. The average molecular weight is 476 g/mol. The quantitative estimate of drug-likeness (QED) is 0.301. The van der Waals surface area contributed by atoms with Gasteiger partial charge in [-0.1, -0.05) is 84.9 Å². The fourth-order valence-electron chi connectivity index (χ4n) is 4.30. The zero-order chi connectivity index (χ0) is 23.9. The van der Waals surface area contributed by atoms with Crippen LogP contribution in [0.25, 0.3) is 0 Å². The summed E-state index contributed by atoms with van der Waals surface area (Å²) >= 11 is 0. The van der Waals surface area contributed by atoms with Gasteiger partial charge in [0.25, 0.3) is 0 Å². The van der Waals surface area contributed by atoms with Gasteiger partial charge in [0, 0.05) is 46.1 Å². The van der Waals surface area contributed by atoms with Crippen molar-refractivity contribution in [1.29, 1.82) is 0 Å². The van der Waals surface area contributed by atoms with Crippen LogP contribution in [-0.4, -0.2) is 9.97 Å². The van der Waals surface area contributed by atoms with Crippen LogP contribution in [0.1, 0.15) is 17.4 Å². The van der Waals surface area contributed by atoms with E-state index in [-0.39, 0.29) is 6.04 Å². The molecule has 5 aromatic rings. The summed E-state index contributed by atoms with van der Waals surface area (Å²) in [5.74, 6) is 0. The van der Waals surface area contributed by atoms with E-state index >= 15 is 4.57 Å². The van der Waals surface area contributed by atoms with E-state index in [1.54, 1.807) is 12.4 Å². The Morgan fingerprint density at radius 1 is 0.629 bits per heavy atom. The highest BCUT2D eigenvalue weighted by molar-refractivity contribution is 7.85. The first-order chi connectivity index (χ1) is 17.2. The van der Waals surface area contributed by atoms with E-state index in [0.29, 0.717) is 6.42 Å². The Labute approximate surface area is 206 Å². The number of hydrogen-bond acceptors (Lipinski definition) is 4. The minimum absolute atomic E-state index is 0.146. The van der Waals surface area contributed by atoms with Crippen molar-refractivity contribution in [1.82, 2.24) is 9.97 Å². The maximum atomic E-state index is 15.0. The largest absolute Gasteiger partial charge is 0.376 e. The van der Waals surface area contributed by atoms with Gasteiger partial charge in [0.2, 0.25) is 0 Å². The number of anilines is 1. The van der Waals surface area contributed by atoms with E-state index in [0.717, 1.165) is 33.0 Å². The lowest BCUT2D eigenvalue weighted by molar-refractivity contribution is 0.592. The Balaban J connectivity index is 1.62. The molecule has 1 atom stereocenters. The minimum atomic E-state index is -3.14. The second-order valence-electron chi connectivity index (χ2n) is 8.27. The van der Waals surface area contributed by atoms with Crippen molar-refractivity contribution in [2.75, 3.05) is 5.32 Å². The molecule has 2 heterocycles. The fraction of sp³-hybridized carbons (Fsp3) is 0.0667. The van der Waals surface area contributed by atoms with Gasteiger partial charge < -0.3 is 9.88 Å². The highest BCUT2D eigenvalue weighted by Crippen LogP contribution is 2.44. The van der Waals surface area contributed by atoms with Crippen LogP contribution >= 0.6 is 7.14 Å². The molecule has 0 aliphatic heterocycles. The molecule has 0 saturated carbocycles. The molecule has 3 aromatic carbocycles. The Bertz CT molecular complexity index is 1370. The Hall–Kier alpha value is -4.01. The van der Waals surface area contributed by atoms with Crippen molar-refractivity contribution in [3.8, 4) is 0 Å². The fourth-order valence-corrected chi connectivity index (χ4v) is 7.11. The number of benzene rings is 3. The maximum absolute atomic E-state index is 15.0. The molecular formula is C30H26N3OP. The Kier molecular flexibility index (Phi) is 6.83. The summed E-state index contributed by atoms with van der Waals surface area (Å²) in [5.41, 5.74) is 2.69. The van der Waals surface area contributed by atoms with Crippen molar-refractivity contribution in [3.05, 3.63) is 145 Å². The van der Waals surface area contributed by atoms with Crippen LogP contribution in [0.15, 0.2) is 134 Å². The third kappa shape index (κ3) is 4.94. The van der Waals surface area contributed by atoms with Crippen LogP contribution in [0.2, 0.25) is 0 Å². The minimum Gasteiger partial charge on any atom is -0.376 e. The normalized spacial score (nSPS) is 12.1. The van der Waals surface area contributed by atoms with Gasteiger partial charge in [0.1, 0.15) is 0 Å². The number of aromatic nitrogens is 2. The lowest BCUT2D eigenvalue weighted by atomic mass is 10.1. The van der Waals surface area contributed by atoms with Gasteiger partial charge >= 0.3 is 0 Å². The summed E-state index contributed by atoms with van der Waals surface area (Å²) in [6.45, 7) is 0. The van der Waals surface area contributed by atoms with Gasteiger partial charge in [-0.15, -0.1) is 0 Å². The van der Waals surface area contributed by atoms with E-state index in [1.807, 2.05) is 121 Å². The predicted octanol–water partition coefficient (Wildman–Crippen LogP) is 5.51. The van der Waals surface area contributed by atoms with E-state index in [4.69, 9.17) is 0 Å². The topological polar surface area (TPSA) is 54.9 Å². The molecule has 0 amide bonds. The van der Waals surface area contributed by atoms with Crippen LogP contribution in [0.5, 0.6) is 0 Å². The molecule has 0 aliphatic rings. The van der Waals surface area contributed by atoms with Gasteiger partial charge in [-0.3, -0.25) is 9.97 Å². The molecule has 5 heteroatoms. The average Bonchev–Trinajstić information content (AvgIpc) is 2.94. The zero-order valence-electron chi connectivity index (χ0n) is 19.2. The van der Waals surface area contributed by atoms with Crippen molar-refractivity contribution in [3.63, 3.8) is 0 Å². The van der Waals surface area contributed by atoms with Gasteiger partial charge in [-0.05, 0) is 36.4 Å². The standard InChI is InChI=1S/C30H26N3OP/c34-35(25-14-3-1-4-15-25,26-16-5-2-6-17-26)30-20-8-7-19-28(30)33-29(27-18-10-12-22-32-27)23-24-13-9-11-21-31-24/h1-22,29,33H,23H2. The molecule has 2 aromatic heterocycles. The number of rotatable bonds is 8. The number of nitrogens with one attached hydrogen (secondary N) is 1. The first kappa shape index (κ1) is 22.8. The SMILES string of the molecule is O=P(c1ccccc1)(c1ccccc1)c1ccccc1NC(Cc1ccccn1)c1ccccn1. The van der Waals surface area contributed by atoms with Crippen molar-refractivity contribution in [2.45, 2.75) is 12.5 Å². The summed E-state index contributed by atoms with van der Waals surface area (Å²) < 4.78 is 15.0. The number of pyridine rings is 2. The molecule has 0 aliphatic carbocycles. The molecule has 35 heavy (non-hydrogen) atoms. The molecule has 0 saturated heterocycles. The summed E-state index contributed by atoms with van der Waals surface area (Å²) in [5, 5.41) is 6.07. The first-order valence-corrected chi connectivity index (χ1v) is 13.3. The van der Waals surface area contributed by atoms with E-state index in [1.165, 1.54) is 0 Å². The summed E-state index contributed by atoms with van der Waals surface area (Å²) in [4.78, 5) is 9.15. The zero-order valence-corrected chi connectivity index (χ0v) is 20.1. The van der Waals surface area contributed by atoms with Gasteiger partial charge in [-0.25, -0.2) is 0 Å². The van der Waals surface area contributed by atoms with E-state index in [2.05, 4.69) is 15.3 Å². The summed E-state index contributed by atoms with van der Waals surface area (Å²) in [7, 11) is -3.14. The third-order valence-electron chi connectivity index (χ3n) is 6.00. The van der Waals surface area contributed by atoms with Crippen molar-refractivity contribution >= 4 is 28.7 Å². The molecule has 0 radical (unpaired) electrons. The lowest BCUT2D eigenvalue weighted by Gasteiger charge is -2.26. The van der Waals surface area contributed by atoms with E-state index < -0.39 is 7.14 Å². The monoisotopic (exact) mass is 475 g/mol. The summed E-state index contributed by atoms with van der Waals surface area (Å²) in [6.07, 6.45) is 4.25. The number of nitrogens with zero attached hydrogens (tertiary/aromatic N) is 2. The van der Waals surface area contributed by atoms with Crippen LogP contribution < -0.4 is 21.2 Å². The van der Waals surface area contributed by atoms with E-state index in [9.17, 15) is 0 Å². The molecule has 172 valence electrons. The molecule has 0 spiro atoms. The molecule has 1 N–H and O–H groups in total. The molecule has 0 bridgehead atoms. The van der Waals surface area contributed by atoms with Gasteiger partial charge in [-0.2, -0.15) is 0 Å². The molecule has 1 unspecified atom stereocenters. The number of para-hydroxylation sites is 1. The van der Waals surface area contributed by atoms with Crippen molar-refractivity contribution in [2.24, 2.45) is 0 Å². The van der Waals surface area contributed by atoms with Crippen LogP contribution in [-0.2, 0) is 11.0 Å². The molecule has 0 fully saturated rings. The Morgan fingerprint density at radius 3 is 1.80 bits per heavy atom. The molecule has 5 rings (SSSR count). The molecular weight excluding hydrogens is 449 g/mol. The second-order valence-corrected chi connectivity index (χ2v) is 11.0. The van der Waals surface area contributed by atoms with Crippen LogP contribution in [0, 0.1) is 0 Å². The predicted molar refractivity (Wildman–Crippen MR) is 144 cm³/mol. The highest BCUT2D eigenvalue weighted by Gasteiger charge is 2.32. The lowest BCUT2D eigenvalue weighted by Crippen LogP contribution is -2.28. The number of hydrogen-bond donors (Lipinski definition) is 1. The van der Waals surface area contributed by atoms with Gasteiger partial charge in [0.05, 0.1) is 11.7 Å². The Morgan fingerprint density at radius 2 is 1.20 bits per heavy atom. The van der Waals surface area contributed by atoms with Crippen LogP contribution in [0.3, 0.4) is 0 Å². The smallest absolute Gasteiger partial charge is 0.173 e.